The smallest absolute Gasteiger partial charge is 0.234 e. The molecule has 8 nitrogen and oxygen atoms in total. The van der Waals surface area contributed by atoms with E-state index in [2.05, 4.69) is 15.5 Å². The minimum absolute atomic E-state index is 0.0906. The number of ether oxygens (including phenoxy) is 3. The summed E-state index contributed by atoms with van der Waals surface area (Å²) in [5.41, 5.74) is 1.36. The van der Waals surface area contributed by atoms with Crippen molar-refractivity contribution in [2.24, 2.45) is 0 Å². The van der Waals surface area contributed by atoms with E-state index in [0.29, 0.717) is 33.9 Å². The third-order valence-electron chi connectivity index (χ3n) is 5.18. The first-order chi connectivity index (χ1) is 17.5. The highest BCUT2D eigenvalue weighted by Crippen LogP contribution is 2.30. The molecule has 0 aliphatic rings. The van der Waals surface area contributed by atoms with Gasteiger partial charge in [0.15, 0.2) is 17.1 Å². The highest BCUT2D eigenvalue weighted by Gasteiger charge is 2.22. The number of hydrogen-bond donors (Lipinski definition) is 1. The second kappa shape index (κ2) is 11.6. The molecule has 0 spiro atoms. The summed E-state index contributed by atoms with van der Waals surface area (Å²) < 4.78 is 31.6. The Kier molecular flexibility index (Phi) is 8.06. The normalized spacial score (nSPS) is 11.6. The van der Waals surface area contributed by atoms with E-state index in [0.717, 1.165) is 5.69 Å². The minimum Gasteiger partial charge on any atom is -0.497 e. The monoisotopic (exact) mass is 508 g/mol. The number of rotatable bonds is 10. The van der Waals surface area contributed by atoms with E-state index in [-0.39, 0.29) is 17.5 Å². The Morgan fingerprint density at radius 2 is 1.72 bits per heavy atom. The fourth-order valence-electron chi connectivity index (χ4n) is 3.45. The van der Waals surface area contributed by atoms with Crippen molar-refractivity contribution in [3.8, 4) is 22.9 Å². The molecule has 1 unspecified atom stereocenters. The van der Waals surface area contributed by atoms with Crippen LogP contribution >= 0.6 is 11.8 Å². The number of nitrogens with one attached hydrogen (secondary N) is 1. The average Bonchev–Trinajstić information content (AvgIpc) is 3.33. The summed E-state index contributed by atoms with van der Waals surface area (Å²) in [7, 11) is 3.09. The zero-order valence-corrected chi connectivity index (χ0v) is 20.8. The van der Waals surface area contributed by atoms with Gasteiger partial charge in [-0.15, -0.1) is 10.2 Å². The van der Waals surface area contributed by atoms with Crippen molar-refractivity contribution in [2.45, 2.75) is 18.2 Å². The lowest BCUT2D eigenvalue weighted by Gasteiger charge is -2.16. The topological polar surface area (TPSA) is 87.5 Å². The molecule has 0 bridgehead atoms. The van der Waals surface area contributed by atoms with Gasteiger partial charge in [0, 0.05) is 11.8 Å². The summed E-state index contributed by atoms with van der Waals surface area (Å²) in [6.07, 6.45) is -0.491. The van der Waals surface area contributed by atoms with E-state index in [1.165, 1.54) is 31.0 Å². The van der Waals surface area contributed by atoms with Crippen LogP contribution in [0.2, 0.25) is 0 Å². The van der Waals surface area contributed by atoms with Crippen LogP contribution in [-0.2, 0) is 4.79 Å². The molecule has 1 atom stereocenters. The molecule has 0 saturated heterocycles. The van der Waals surface area contributed by atoms with E-state index >= 15 is 0 Å². The lowest BCUT2D eigenvalue weighted by atomic mass is 10.2. The maximum absolute atomic E-state index is 13.3. The van der Waals surface area contributed by atoms with Gasteiger partial charge in [-0.25, -0.2) is 4.39 Å². The van der Waals surface area contributed by atoms with Gasteiger partial charge in [-0.05, 0) is 55.5 Å². The Labute approximate surface area is 212 Å². The number of amides is 1. The predicted molar refractivity (Wildman–Crippen MR) is 136 cm³/mol. The summed E-state index contributed by atoms with van der Waals surface area (Å²) >= 11 is 1.24. The fourth-order valence-corrected chi connectivity index (χ4v) is 4.20. The predicted octanol–water partition coefficient (Wildman–Crippen LogP) is 5.29. The largest absolute Gasteiger partial charge is 0.497 e. The number of methoxy groups -OCH3 is 2. The number of aromatic nitrogens is 3. The Morgan fingerprint density at radius 3 is 2.42 bits per heavy atom. The fraction of sp³-hybridized carbons (Fsp3) is 0.192. The molecule has 0 aliphatic heterocycles. The molecular formula is C26H25FN4O4S. The number of para-hydroxylation sites is 1. The summed E-state index contributed by atoms with van der Waals surface area (Å²) in [6.45, 7) is 1.84. The van der Waals surface area contributed by atoms with Crippen LogP contribution in [0.3, 0.4) is 0 Å². The van der Waals surface area contributed by atoms with Crippen molar-refractivity contribution in [1.29, 1.82) is 0 Å². The number of anilines is 1. The van der Waals surface area contributed by atoms with Gasteiger partial charge in [0.05, 0.1) is 25.7 Å². The van der Waals surface area contributed by atoms with Crippen molar-refractivity contribution in [3.05, 3.63) is 84.4 Å². The summed E-state index contributed by atoms with van der Waals surface area (Å²) in [5, 5.41) is 12.0. The first kappa shape index (κ1) is 25.1. The lowest BCUT2D eigenvalue weighted by molar-refractivity contribution is -0.113. The van der Waals surface area contributed by atoms with Crippen LogP contribution in [0.15, 0.2) is 78.0 Å². The molecular weight excluding hydrogens is 483 g/mol. The van der Waals surface area contributed by atoms with Crippen molar-refractivity contribution in [2.75, 3.05) is 25.3 Å². The molecule has 3 aromatic carbocycles. The number of carbonyl (C=O) groups excluding carboxylic acids is 1. The molecule has 0 saturated carbocycles. The molecule has 4 rings (SSSR count). The summed E-state index contributed by atoms with van der Waals surface area (Å²) in [5.74, 6) is 1.69. The molecule has 0 aliphatic carbocycles. The van der Waals surface area contributed by atoms with Crippen molar-refractivity contribution in [3.63, 3.8) is 0 Å². The number of nitrogens with zero attached hydrogens (tertiary/aromatic N) is 3. The van der Waals surface area contributed by atoms with E-state index in [9.17, 15) is 9.18 Å². The molecule has 10 heteroatoms. The van der Waals surface area contributed by atoms with Gasteiger partial charge in [0.1, 0.15) is 23.1 Å². The number of hydrogen-bond acceptors (Lipinski definition) is 7. The molecule has 1 N–H and O–H groups in total. The highest BCUT2D eigenvalue weighted by molar-refractivity contribution is 7.99. The van der Waals surface area contributed by atoms with Crippen LogP contribution in [0.5, 0.6) is 17.2 Å². The van der Waals surface area contributed by atoms with Crippen LogP contribution in [-0.4, -0.2) is 40.6 Å². The second-order valence-electron chi connectivity index (χ2n) is 7.63. The molecule has 1 aromatic heterocycles. The molecule has 186 valence electrons. The van der Waals surface area contributed by atoms with E-state index in [1.54, 1.807) is 37.4 Å². The minimum atomic E-state index is -0.491. The van der Waals surface area contributed by atoms with E-state index < -0.39 is 6.10 Å². The third kappa shape index (κ3) is 5.95. The Morgan fingerprint density at radius 1 is 1.00 bits per heavy atom. The second-order valence-corrected chi connectivity index (χ2v) is 8.57. The maximum atomic E-state index is 13.3. The number of carbonyl (C=O) groups is 1. The quantitative estimate of drug-likeness (QED) is 0.291. The number of thioether (sulfide) groups is 1. The lowest BCUT2D eigenvalue weighted by Crippen LogP contribution is -2.16. The van der Waals surface area contributed by atoms with Crippen LogP contribution in [0.1, 0.15) is 18.9 Å². The molecule has 1 heterocycles. The van der Waals surface area contributed by atoms with Gasteiger partial charge < -0.3 is 19.5 Å². The molecule has 4 aromatic rings. The van der Waals surface area contributed by atoms with Gasteiger partial charge in [-0.3, -0.25) is 9.36 Å². The number of benzene rings is 3. The van der Waals surface area contributed by atoms with Crippen LogP contribution < -0.4 is 19.5 Å². The summed E-state index contributed by atoms with van der Waals surface area (Å²) in [6, 6.07) is 20.5. The maximum Gasteiger partial charge on any atom is 0.234 e. The summed E-state index contributed by atoms with van der Waals surface area (Å²) in [4.78, 5) is 12.7. The zero-order chi connectivity index (χ0) is 25.5. The van der Waals surface area contributed by atoms with Crippen LogP contribution in [0.25, 0.3) is 5.69 Å². The van der Waals surface area contributed by atoms with Gasteiger partial charge in [0.2, 0.25) is 5.91 Å². The van der Waals surface area contributed by atoms with Gasteiger partial charge in [-0.2, -0.15) is 0 Å². The molecule has 0 radical (unpaired) electrons. The zero-order valence-electron chi connectivity index (χ0n) is 20.0. The Bertz CT molecular complexity index is 1320. The molecule has 36 heavy (non-hydrogen) atoms. The highest BCUT2D eigenvalue weighted by atomic mass is 32.2. The van der Waals surface area contributed by atoms with Crippen LogP contribution in [0, 0.1) is 5.82 Å². The van der Waals surface area contributed by atoms with Gasteiger partial charge in [-0.1, -0.05) is 30.0 Å². The van der Waals surface area contributed by atoms with Crippen molar-refractivity contribution in [1.82, 2.24) is 14.8 Å². The third-order valence-corrected chi connectivity index (χ3v) is 6.11. The SMILES string of the molecule is COc1ccc(NC(=O)CSc2nnc(C(C)Oc3ccc(F)cc3)n2-c2ccccc2)c(OC)c1. The number of halogens is 1. The average molecular weight is 509 g/mol. The standard InChI is InChI=1S/C26H25FN4O4S/c1-17(35-20-11-9-18(27)10-12-20)25-29-30-26(31(25)19-7-5-4-6-8-19)36-16-24(32)28-22-14-13-21(33-2)15-23(22)34-3/h4-15,17H,16H2,1-3H3,(H,28,32). The van der Waals surface area contributed by atoms with E-state index in [4.69, 9.17) is 14.2 Å². The van der Waals surface area contributed by atoms with Crippen molar-refractivity contribution >= 4 is 23.4 Å². The molecule has 1 amide bonds. The van der Waals surface area contributed by atoms with E-state index in [1.807, 2.05) is 41.8 Å². The van der Waals surface area contributed by atoms with Gasteiger partial charge in [0.25, 0.3) is 0 Å². The van der Waals surface area contributed by atoms with Crippen molar-refractivity contribution < 1.29 is 23.4 Å². The van der Waals surface area contributed by atoms with Gasteiger partial charge >= 0.3 is 0 Å². The Hall–Kier alpha value is -4.05. The Balaban J connectivity index is 1.52. The van der Waals surface area contributed by atoms with Crippen LogP contribution in [0.4, 0.5) is 10.1 Å². The first-order valence-corrected chi connectivity index (χ1v) is 12.0. The molecule has 0 fully saturated rings. The first-order valence-electron chi connectivity index (χ1n) is 11.1.